The number of thioether (sulfide) groups is 2. The predicted octanol–water partition coefficient (Wildman–Crippen LogP) is 3.52. The van der Waals surface area contributed by atoms with Gasteiger partial charge in [-0.05, 0) is 44.8 Å². The predicted molar refractivity (Wildman–Crippen MR) is 81.3 cm³/mol. The lowest BCUT2D eigenvalue weighted by Gasteiger charge is -2.30. The summed E-state index contributed by atoms with van der Waals surface area (Å²) in [7, 11) is 0. The van der Waals surface area contributed by atoms with Crippen LogP contribution in [0.2, 0.25) is 0 Å². The number of aliphatic imine (C=N–C) groups is 1. The molecular formula is C13H24N2S2. The number of rotatable bonds is 3. The maximum absolute atomic E-state index is 4.80. The maximum atomic E-state index is 4.80. The summed E-state index contributed by atoms with van der Waals surface area (Å²) in [5, 5.41) is 5.79. The van der Waals surface area contributed by atoms with Gasteiger partial charge in [0.1, 0.15) is 0 Å². The van der Waals surface area contributed by atoms with Crippen LogP contribution in [0.3, 0.4) is 0 Å². The van der Waals surface area contributed by atoms with Crippen molar-refractivity contribution in [3.8, 4) is 0 Å². The molecule has 0 bridgehead atoms. The average Bonchev–Trinajstić information content (AvgIpc) is 2.40. The Balaban J connectivity index is 1.79. The van der Waals surface area contributed by atoms with E-state index in [-0.39, 0.29) is 0 Å². The molecule has 2 aliphatic rings. The van der Waals surface area contributed by atoms with Gasteiger partial charge in [0.2, 0.25) is 0 Å². The smallest absolute Gasteiger partial charge is 0.157 e. The van der Waals surface area contributed by atoms with Crippen LogP contribution in [0, 0.1) is 0 Å². The second-order valence-corrected chi connectivity index (χ2v) is 7.21. The van der Waals surface area contributed by atoms with Crippen molar-refractivity contribution in [2.45, 2.75) is 62.8 Å². The Morgan fingerprint density at radius 2 is 2.06 bits per heavy atom. The van der Waals surface area contributed by atoms with Gasteiger partial charge >= 0.3 is 0 Å². The molecule has 0 aromatic rings. The highest BCUT2D eigenvalue weighted by atomic mass is 32.2. The summed E-state index contributed by atoms with van der Waals surface area (Å²) >= 11 is 3.95. The van der Waals surface area contributed by atoms with Crippen molar-refractivity contribution >= 4 is 28.7 Å². The summed E-state index contributed by atoms with van der Waals surface area (Å²) in [5.41, 5.74) is 0. The van der Waals surface area contributed by atoms with Crippen LogP contribution < -0.4 is 5.32 Å². The molecule has 0 aromatic heterocycles. The molecule has 4 heteroatoms. The minimum Gasteiger partial charge on any atom is -0.362 e. The quantitative estimate of drug-likeness (QED) is 0.850. The number of hydrogen-bond acceptors (Lipinski definition) is 4. The normalized spacial score (nSPS) is 34.2. The van der Waals surface area contributed by atoms with Gasteiger partial charge < -0.3 is 5.32 Å². The minimum atomic E-state index is 0.571. The average molecular weight is 272 g/mol. The molecule has 0 radical (unpaired) electrons. The number of hydrogen-bond donors (Lipinski definition) is 1. The highest BCUT2D eigenvalue weighted by molar-refractivity contribution is 8.13. The first-order chi connectivity index (χ1) is 8.31. The third-order valence-corrected chi connectivity index (χ3v) is 5.87. The summed E-state index contributed by atoms with van der Waals surface area (Å²) in [6, 6.07) is 1.25. The van der Waals surface area contributed by atoms with Crippen molar-refractivity contribution in [2.75, 3.05) is 12.0 Å². The summed E-state index contributed by atoms with van der Waals surface area (Å²) in [6.07, 6.45) is 10.1. The SMILES string of the molecule is CCC1CCSC(NC2CCC(SC)CC2)=N1. The first-order valence-electron chi connectivity index (χ1n) is 6.81. The van der Waals surface area contributed by atoms with Crippen LogP contribution in [0.25, 0.3) is 0 Å². The molecule has 17 heavy (non-hydrogen) atoms. The second-order valence-electron chi connectivity index (χ2n) is 4.99. The van der Waals surface area contributed by atoms with E-state index in [9.17, 15) is 0 Å². The molecule has 1 aliphatic carbocycles. The Kier molecular flexibility index (Phi) is 5.54. The fourth-order valence-electron chi connectivity index (χ4n) is 2.55. The first-order valence-corrected chi connectivity index (χ1v) is 9.09. The fourth-order valence-corrected chi connectivity index (χ4v) is 4.35. The lowest BCUT2D eigenvalue weighted by atomic mass is 9.95. The van der Waals surface area contributed by atoms with Gasteiger partial charge in [-0.1, -0.05) is 18.7 Å². The zero-order chi connectivity index (χ0) is 12.1. The Morgan fingerprint density at radius 1 is 1.29 bits per heavy atom. The molecule has 2 nitrogen and oxygen atoms in total. The van der Waals surface area contributed by atoms with E-state index in [1.807, 2.05) is 23.5 Å². The molecule has 1 aliphatic heterocycles. The lowest BCUT2D eigenvalue weighted by molar-refractivity contribution is 0.422. The van der Waals surface area contributed by atoms with Gasteiger partial charge in [-0.15, -0.1) is 0 Å². The lowest BCUT2D eigenvalue weighted by Crippen LogP contribution is -2.38. The van der Waals surface area contributed by atoms with E-state index in [2.05, 4.69) is 18.5 Å². The largest absolute Gasteiger partial charge is 0.362 e. The highest BCUT2D eigenvalue weighted by Gasteiger charge is 2.22. The van der Waals surface area contributed by atoms with E-state index in [1.165, 1.54) is 49.4 Å². The van der Waals surface area contributed by atoms with E-state index in [0.29, 0.717) is 12.1 Å². The second kappa shape index (κ2) is 6.93. The van der Waals surface area contributed by atoms with Crippen LogP contribution >= 0.6 is 23.5 Å². The number of nitrogens with zero attached hydrogens (tertiary/aromatic N) is 1. The molecule has 1 N–H and O–H groups in total. The Bertz CT molecular complexity index is 260. The standard InChI is InChI=1S/C13H24N2S2/c1-3-10-8-9-17-13(14-10)15-11-4-6-12(16-2)7-5-11/h10-12H,3-9H2,1-2H3,(H,14,15). The van der Waals surface area contributed by atoms with Crippen molar-refractivity contribution < 1.29 is 0 Å². The van der Waals surface area contributed by atoms with Crippen LogP contribution in [0.4, 0.5) is 0 Å². The Morgan fingerprint density at radius 3 is 2.71 bits per heavy atom. The van der Waals surface area contributed by atoms with Gasteiger partial charge in [0.15, 0.2) is 5.17 Å². The van der Waals surface area contributed by atoms with E-state index in [4.69, 9.17) is 4.99 Å². The molecule has 1 atom stereocenters. The fraction of sp³-hybridized carbons (Fsp3) is 0.923. The van der Waals surface area contributed by atoms with Gasteiger partial charge in [0.05, 0.1) is 6.04 Å². The molecule has 0 saturated heterocycles. The summed E-state index contributed by atoms with van der Waals surface area (Å²) in [5.74, 6) is 1.24. The van der Waals surface area contributed by atoms with Gasteiger partial charge in [-0.25, -0.2) is 0 Å². The first kappa shape index (κ1) is 13.6. The third-order valence-electron chi connectivity index (χ3n) is 3.80. The summed E-state index contributed by atoms with van der Waals surface area (Å²) in [4.78, 5) is 4.80. The van der Waals surface area contributed by atoms with Gasteiger partial charge in [-0.3, -0.25) is 4.99 Å². The van der Waals surface area contributed by atoms with E-state index >= 15 is 0 Å². The van der Waals surface area contributed by atoms with Crippen LogP contribution in [-0.4, -0.2) is 34.5 Å². The molecule has 1 heterocycles. The third kappa shape index (κ3) is 4.09. The van der Waals surface area contributed by atoms with E-state index in [1.54, 1.807) is 0 Å². The maximum Gasteiger partial charge on any atom is 0.157 e. The van der Waals surface area contributed by atoms with Gasteiger partial charge in [0.25, 0.3) is 0 Å². The number of nitrogens with one attached hydrogen (secondary N) is 1. The van der Waals surface area contributed by atoms with Crippen LogP contribution in [0.5, 0.6) is 0 Å². The van der Waals surface area contributed by atoms with Crippen molar-refractivity contribution in [2.24, 2.45) is 4.99 Å². The zero-order valence-corrected chi connectivity index (χ0v) is 12.6. The minimum absolute atomic E-state index is 0.571. The van der Waals surface area contributed by atoms with Crippen molar-refractivity contribution in [1.82, 2.24) is 5.32 Å². The van der Waals surface area contributed by atoms with Crippen molar-refractivity contribution in [3.05, 3.63) is 0 Å². The highest BCUT2D eigenvalue weighted by Crippen LogP contribution is 2.28. The van der Waals surface area contributed by atoms with Crippen molar-refractivity contribution in [3.63, 3.8) is 0 Å². The molecule has 0 amide bonds. The summed E-state index contributed by atoms with van der Waals surface area (Å²) < 4.78 is 0. The monoisotopic (exact) mass is 272 g/mol. The Hall–Kier alpha value is 0.170. The van der Waals surface area contributed by atoms with E-state index in [0.717, 1.165) is 5.25 Å². The zero-order valence-electron chi connectivity index (χ0n) is 10.9. The van der Waals surface area contributed by atoms with Crippen molar-refractivity contribution in [1.29, 1.82) is 0 Å². The topological polar surface area (TPSA) is 24.4 Å². The molecule has 0 aromatic carbocycles. The molecule has 1 fully saturated rings. The molecular weight excluding hydrogens is 248 g/mol. The van der Waals surface area contributed by atoms with Gasteiger partial charge in [-0.2, -0.15) is 11.8 Å². The van der Waals surface area contributed by atoms with Crippen LogP contribution in [0.1, 0.15) is 45.4 Å². The molecule has 2 rings (SSSR count). The molecule has 98 valence electrons. The van der Waals surface area contributed by atoms with Crippen LogP contribution in [-0.2, 0) is 0 Å². The Labute approximate surface area is 114 Å². The molecule has 0 spiro atoms. The summed E-state index contributed by atoms with van der Waals surface area (Å²) in [6.45, 7) is 2.24. The molecule has 1 saturated carbocycles. The van der Waals surface area contributed by atoms with Crippen LogP contribution in [0.15, 0.2) is 4.99 Å². The molecule has 1 unspecified atom stereocenters. The van der Waals surface area contributed by atoms with Gasteiger partial charge in [0, 0.05) is 17.0 Å². The number of amidine groups is 1. The van der Waals surface area contributed by atoms with E-state index < -0.39 is 0 Å².